The van der Waals surface area contributed by atoms with Crippen LogP contribution in [0.4, 0.5) is 13.2 Å². The maximum Gasteiger partial charge on any atom is 0.533 e. The number of hydrogen-bond donors (Lipinski definition) is 0. The Morgan fingerprint density at radius 1 is 1.21 bits per heavy atom. The molecule has 0 amide bonds. The van der Waals surface area contributed by atoms with Gasteiger partial charge < -0.3 is 0 Å². The van der Waals surface area contributed by atoms with E-state index in [0.29, 0.717) is 16.9 Å². The minimum Gasteiger partial charge on any atom is -0.215 e. The van der Waals surface area contributed by atoms with Crippen LogP contribution in [0.2, 0.25) is 0 Å². The second-order valence-electron chi connectivity index (χ2n) is 2.19. The van der Waals surface area contributed by atoms with E-state index in [1.807, 2.05) is 51.2 Å². The molecule has 0 unspecified atom stereocenters. The fourth-order valence-corrected chi connectivity index (χ4v) is 2.45. The van der Waals surface area contributed by atoms with Crippen molar-refractivity contribution in [2.45, 2.75) is 11.3 Å². The lowest BCUT2D eigenvalue weighted by atomic mass is 10.4. The molecule has 1 aromatic rings. The van der Waals surface area contributed by atoms with Crippen molar-refractivity contribution in [3.8, 4) is 0 Å². The predicted molar refractivity (Wildman–Crippen MR) is 64.9 cm³/mol. The second-order valence-corrected chi connectivity index (χ2v) is 5.37. The fraction of sp³-hybridized carbons (Fsp3) is 0.143. The average Bonchev–Trinajstić information content (AvgIpc) is 2.05. The zero-order chi connectivity index (χ0) is 10.8. The highest BCUT2D eigenvalue weighted by molar-refractivity contribution is 14.1. The highest BCUT2D eigenvalue weighted by Crippen LogP contribution is 2.32. The molecule has 0 N–H and O–H groups in total. The van der Waals surface area contributed by atoms with Gasteiger partial charge in [-0.3, -0.25) is 0 Å². The SMILES string of the molecule is FC(F)(F)OSc1cc(I)ccc1I. The van der Waals surface area contributed by atoms with Gasteiger partial charge in [0, 0.05) is 19.2 Å². The van der Waals surface area contributed by atoms with E-state index in [2.05, 4.69) is 4.18 Å². The molecular weight excluding hydrogens is 443 g/mol. The third kappa shape index (κ3) is 4.53. The number of hydrogen-bond acceptors (Lipinski definition) is 2. The monoisotopic (exact) mass is 446 g/mol. The molecule has 1 nitrogen and oxygen atoms in total. The quantitative estimate of drug-likeness (QED) is 0.491. The number of halogens is 5. The maximum atomic E-state index is 11.7. The molecule has 0 aliphatic carbocycles. The smallest absolute Gasteiger partial charge is 0.215 e. The number of benzene rings is 1. The molecule has 0 aliphatic heterocycles. The molecule has 0 fully saturated rings. The minimum absolute atomic E-state index is 0.331. The Hall–Kier alpha value is 0.780. The van der Waals surface area contributed by atoms with Crippen molar-refractivity contribution in [3.05, 3.63) is 25.3 Å². The first-order chi connectivity index (χ1) is 6.38. The van der Waals surface area contributed by atoms with Crippen molar-refractivity contribution in [2.24, 2.45) is 0 Å². The van der Waals surface area contributed by atoms with E-state index in [9.17, 15) is 13.2 Å². The van der Waals surface area contributed by atoms with Gasteiger partial charge in [-0.25, -0.2) is 4.18 Å². The Morgan fingerprint density at radius 2 is 1.86 bits per heavy atom. The molecule has 0 atom stereocenters. The van der Waals surface area contributed by atoms with Gasteiger partial charge in [-0.2, -0.15) is 0 Å². The Kier molecular flexibility index (Phi) is 4.78. The molecule has 0 saturated carbocycles. The zero-order valence-corrected chi connectivity index (χ0v) is 11.6. The van der Waals surface area contributed by atoms with Crippen LogP contribution in [0.15, 0.2) is 23.1 Å². The van der Waals surface area contributed by atoms with Crippen LogP contribution in [0.5, 0.6) is 0 Å². The van der Waals surface area contributed by atoms with Gasteiger partial charge in [0.2, 0.25) is 0 Å². The lowest BCUT2D eigenvalue weighted by Gasteiger charge is -2.07. The topological polar surface area (TPSA) is 9.23 Å². The molecule has 78 valence electrons. The van der Waals surface area contributed by atoms with Crippen LogP contribution in [0.1, 0.15) is 0 Å². The van der Waals surface area contributed by atoms with Crippen molar-refractivity contribution in [1.82, 2.24) is 0 Å². The molecule has 0 bridgehead atoms. The van der Waals surface area contributed by atoms with E-state index in [-0.39, 0.29) is 0 Å². The van der Waals surface area contributed by atoms with Gasteiger partial charge in [-0.1, -0.05) is 0 Å². The lowest BCUT2D eigenvalue weighted by Crippen LogP contribution is -2.07. The van der Waals surface area contributed by atoms with Gasteiger partial charge in [-0.05, 0) is 63.4 Å². The fourth-order valence-electron chi connectivity index (χ4n) is 0.633. The largest absolute Gasteiger partial charge is 0.533 e. The highest BCUT2D eigenvalue weighted by Gasteiger charge is 2.30. The lowest BCUT2D eigenvalue weighted by molar-refractivity contribution is -0.266. The average molecular weight is 446 g/mol. The summed E-state index contributed by atoms with van der Waals surface area (Å²) in [6, 6.07) is 5.20. The van der Waals surface area contributed by atoms with Crippen LogP contribution in [-0.2, 0) is 4.18 Å². The summed E-state index contributed by atoms with van der Waals surface area (Å²) in [5.74, 6) is 0. The van der Waals surface area contributed by atoms with Gasteiger partial charge in [0.25, 0.3) is 0 Å². The van der Waals surface area contributed by atoms with Crippen LogP contribution in [-0.4, -0.2) is 6.36 Å². The molecule has 1 rings (SSSR count). The third-order valence-corrected chi connectivity index (χ3v) is 3.89. The van der Waals surface area contributed by atoms with Gasteiger partial charge in [-0.15, -0.1) is 13.2 Å². The number of alkyl halides is 3. The highest BCUT2D eigenvalue weighted by atomic mass is 127. The predicted octanol–water partition coefficient (Wildman–Crippen LogP) is 4.44. The summed E-state index contributed by atoms with van der Waals surface area (Å²) >= 11 is 4.32. The van der Waals surface area contributed by atoms with E-state index < -0.39 is 6.36 Å². The van der Waals surface area contributed by atoms with E-state index in [4.69, 9.17) is 0 Å². The first kappa shape index (κ1) is 12.8. The first-order valence-corrected chi connectivity index (χ1v) is 6.16. The summed E-state index contributed by atoms with van der Waals surface area (Å²) < 4.78 is 40.4. The molecule has 14 heavy (non-hydrogen) atoms. The molecule has 0 radical (unpaired) electrons. The van der Waals surface area contributed by atoms with E-state index in [1.54, 1.807) is 12.1 Å². The number of rotatable bonds is 2. The van der Waals surface area contributed by atoms with Crippen LogP contribution in [0.25, 0.3) is 0 Å². The van der Waals surface area contributed by atoms with Crippen LogP contribution in [0.3, 0.4) is 0 Å². The standard InChI is InChI=1S/C7H3F3I2OS/c8-7(9,10)13-14-6-3-4(11)1-2-5(6)12/h1-3H. The zero-order valence-electron chi connectivity index (χ0n) is 6.44. The summed E-state index contributed by atoms with van der Waals surface area (Å²) in [7, 11) is 0. The van der Waals surface area contributed by atoms with Gasteiger partial charge >= 0.3 is 6.36 Å². The minimum atomic E-state index is -4.60. The molecular formula is C7H3F3I2OS. The molecule has 7 heteroatoms. The van der Waals surface area contributed by atoms with Crippen LogP contribution in [0, 0.1) is 7.14 Å². The van der Waals surface area contributed by atoms with Gasteiger partial charge in [0.15, 0.2) is 0 Å². The van der Waals surface area contributed by atoms with Gasteiger partial charge in [0.1, 0.15) is 0 Å². The molecule has 0 heterocycles. The van der Waals surface area contributed by atoms with Gasteiger partial charge in [0.05, 0.1) is 4.90 Å². The molecule has 0 aromatic heterocycles. The molecule has 1 aromatic carbocycles. The Morgan fingerprint density at radius 3 is 2.43 bits per heavy atom. The van der Waals surface area contributed by atoms with Crippen molar-refractivity contribution in [1.29, 1.82) is 0 Å². The summed E-state index contributed by atoms with van der Waals surface area (Å²) in [6.45, 7) is 0. The van der Waals surface area contributed by atoms with Crippen molar-refractivity contribution < 1.29 is 17.4 Å². The third-order valence-electron chi connectivity index (χ3n) is 1.12. The summed E-state index contributed by atoms with van der Waals surface area (Å²) in [5, 5.41) is 0. The Labute approximate surface area is 110 Å². The van der Waals surface area contributed by atoms with Crippen molar-refractivity contribution in [2.75, 3.05) is 0 Å². The Balaban J connectivity index is 2.72. The van der Waals surface area contributed by atoms with Crippen molar-refractivity contribution >= 4 is 57.2 Å². The molecule has 0 saturated heterocycles. The van der Waals surface area contributed by atoms with E-state index >= 15 is 0 Å². The van der Waals surface area contributed by atoms with Crippen molar-refractivity contribution in [3.63, 3.8) is 0 Å². The maximum absolute atomic E-state index is 11.7. The van der Waals surface area contributed by atoms with E-state index in [1.165, 1.54) is 0 Å². The summed E-state index contributed by atoms with van der Waals surface area (Å²) in [6.07, 6.45) is -4.60. The summed E-state index contributed by atoms with van der Waals surface area (Å²) in [5.41, 5.74) is 0. The molecule has 0 spiro atoms. The van der Waals surface area contributed by atoms with Crippen LogP contribution >= 0.6 is 57.2 Å². The first-order valence-electron chi connectivity index (χ1n) is 3.26. The summed E-state index contributed by atoms with van der Waals surface area (Å²) in [4.78, 5) is 0.467. The van der Waals surface area contributed by atoms with E-state index in [0.717, 1.165) is 7.14 Å². The Bertz CT molecular complexity index is 329. The van der Waals surface area contributed by atoms with Crippen LogP contribution < -0.4 is 0 Å². The molecule has 0 aliphatic rings. The normalized spacial score (nSPS) is 11.8. The second kappa shape index (κ2) is 5.21.